The van der Waals surface area contributed by atoms with Crippen LogP contribution in [0.15, 0.2) is 0 Å². The Labute approximate surface area is 47.3 Å². The highest BCUT2D eigenvalue weighted by atomic mass is 16.5. The van der Waals surface area contributed by atoms with Crippen LogP contribution in [0, 0.1) is 11.8 Å². The van der Waals surface area contributed by atoms with Gasteiger partial charge in [0.05, 0.1) is 0 Å². The molecule has 3 heteroatoms. The molecule has 0 aromatic rings. The molecule has 0 saturated carbocycles. The van der Waals surface area contributed by atoms with Crippen LogP contribution < -0.4 is 0 Å². The Balaban J connectivity index is 3.02. The number of aliphatic hydroxyl groups is 1. The van der Waals surface area contributed by atoms with E-state index in [0.29, 0.717) is 6.47 Å². The number of hydrogen-bond acceptors (Lipinski definition) is 3. The Morgan fingerprint density at radius 1 is 1.62 bits per heavy atom. The zero-order chi connectivity index (χ0) is 6.24. The summed E-state index contributed by atoms with van der Waals surface area (Å²) in [5.74, 6) is 4.69. The van der Waals surface area contributed by atoms with Crippen LogP contribution in [0.5, 0.6) is 0 Å². The molecule has 0 aliphatic heterocycles. The molecule has 0 spiro atoms. The highest BCUT2D eigenvalue weighted by Gasteiger charge is 1.69. The van der Waals surface area contributed by atoms with E-state index in [9.17, 15) is 4.79 Å². The smallest absolute Gasteiger partial charge is 0.294 e. The Hall–Kier alpha value is -1.01. The lowest BCUT2D eigenvalue weighted by molar-refractivity contribution is -0.127. The fourth-order valence-corrected chi connectivity index (χ4v) is 0.183. The third-order valence-corrected chi connectivity index (χ3v) is 0.428. The van der Waals surface area contributed by atoms with Crippen LogP contribution in [0.2, 0.25) is 0 Å². The minimum Gasteiger partial charge on any atom is -0.455 e. The Bertz CT molecular complexity index is 109. The standard InChI is InChI=1S/C5H6O3/c6-3-1-2-4-8-5-7/h5-6H,3-4H2. The van der Waals surface area contributed by atoms with Crippen LogP contribution in [0.25, 0.3) is 0 Å². The SMILES string of the molecule is O=COCC#CCO. The van der Waals surface area contributed by atoms with Gasteiger partial charge in [0, 0.05) is 0 Å². The second-order valence-corrected chi connectivity index (χ2v) is 0.919. The molecule has 0 aromatic heterocycles. The topological polar surface area (TPSA) is 46.5 Å². The van der Waals surface area contributed by atoms with E-state index >= 15 is 0 Å². The van der Waals surface area contributed by atoms with Crippen LogP contribution in [0.3, 0.4) is 0 Å². The van der Waals surface area contributed by atoms with Crippen molar-refractivity contribution in [2.24, 2.45) is 0 Å². The Morgan fingerprint density at radius 2 is 2.38 bits per heavy atom. The second-order valence-electron chi connectivity index (χ2n) is 0.919. The van der Waals surface area contributed by atoms with Crippen molar-refractivity contribution in [1.29, 1.82) is 0 Å². The van der Waals surface area contributed by atoms with E-state index in [1.54, 1.807) is 0 Å². The van der Waals surface area contributed by atoms with Gasteiger partial charge in [-0.15, -0.1) is 0 Å². The van der Waals surface area contributed by atoms with E-state index in [-0.39, 0.29) is 13.2 Å². The molecule has 0 saturated heterocycles. The van der Waals surface area contributed by atoms with Gasteiger partial charge in [-0.2, -0.15) is 0 Å². The zero-order valence-electron chi connectivity index (χ0n) is 4.26. The molecule has 0 atom stereocenters. The van der Waals surface area contributed by atoms with E-state index in [0.717, 1.165) is 0 Å². The molecule has 0 rings (SSSR count). The minimum absolute atomic E-state index is 0.0596. The van der Waals surface area contributed by atoms with Gasteiger partial charge in [-0.25, -0.2) is 0 Å². The molecule has 0 aromatic carbocycles. The normalized spacial score (nSPS) is 6.62. The lowest BCUT2D eigenvalue weighted by Gasteiger charge is -1.81. The molecular formula is C5H6O3. The number of carbonyl (C=O) groups is 1. The van der Waals surface area contributed by atoms with Gasteiger partial charge in [0.1, 0.15) is 6.61 Å². The third-order valence-electron chi connectivity index (χ3n) is 0.428. The minimum atomic E-state index is -0.192. The second kappa shape index (κ2) is 5.99. The third kappa shape index (κ3) is 4.99. The lowest BCUT2D eigenvalue weighted by Crippen LogP contribution is -1.86. The highest BCUT2D eigenvalue weighted by molar-refractivity contribution is 5.37. The number of ether oxygens (including phenoxy) is 1. The summed E-state index contributed by atoms with van der Waals surface area (Å²) in [5.41, 5.74) is 0. The predicted octanol–water partition coefficient (Wildman–Crippen LogP) is -0.845. The summed E-state index contributed by atoms with van der Waals surface area (Å²) >= 11 is 0. The summed E-state index contributed by atoms with van der Waals surface area (Å²) in [7, 11) is 0. The fraction of sp³-hybridized carbons (Fsp3) is 0.400. The van der Waals surface area contributed by atoms with Crippen LogP contribution in [-0.2, 0) is 9.53 Å². The summed E-state index contributed by atoms with van der Waals surface area (Å²) in [6.45, 7) is 0.179. The van der Waals surface area contributed by atoms with Gasteiger partial charge in [0.2, 0.25) is 0 Å². The van der Waals surface area contributed by atoms with Crippen LogP contribution >= 0.6 is 0 Å². The highest BCUT2D eigenvalue weighted by Crippen LogP contribution is 1.60. The molecule has 0 fully saturated rings. The number of aliphatic hydroxyl groups excluding tert-OH is 1. The van der Waals surface area contributed by atoms with E-state index < -0.39 is 0 Å². The Kier molecular flexibility index (Phi) is 5.23. The first-order valence-corrected chi connectivity index (χ1v) is 2.03. The van der Waals surface area contributed by atoms with Crippen molar-refractivity contribution in [3.8, 4) is 11.8 Å². The van der Waals surface area contributed by atoms with Crippen molar-refractivity contribution in [3.05, 3.63) is 0 Å². The summed E-state index contributed by atoms with van der Waals surface area (Å²) in [6, 6.07) is 0. The largest absolute Gasteiger partial charge is 0.455 e. The van der Waals surface area contributed by atoms with Crippen molar-refractivity contribution < 1.29 is 14.6 Å². The van der Waals surface area contributed by atoms with Gasteiger partial charge in [-0.05, 0) is 0 Å². The van der Waals surface area contributed by atoms with Gasteiger partial charge < -0.3 is 9.84 Å². The van der Waals surface area contributed by atoms with E-state index in [4.69, 9.17) is 5.11 Å². The quantitative estimate of drug-likeness (QED) is 0.289. The Morgan fingerprint density at radius 3 is 2.88 bits per heavy atom. The van der Waals surface area contributed by atoms with Crippen molar-refractivity contribution >= 4 is 6.47 Å². The van der Waals surface area contributed by atoms with Crippen molar-refractivity contribution in [2.45, 2.75) is 0 Å². The number of rotatable bonds is 2. The summed E-state index contributed by atoms with van der Waals surface area (Å²) in [4.78, 5) is 9.42. The van der Waals surface area contributed by atoms with Crippen LogP contribution in [0.1, 0.15) is 0 Å². The molecule has 0 radical (unpaired) electrons. The molecule has 0 bridgehead atoms. The summed E-state index contributed by atoms with van der Waals surface area (Å²) in [6.07, 6.45) is 0. The summed E-state index contributed by atoms with van der Waals surface area (Å²) in [5, 5.41) is 8.05. The van der Waals surface area contributed by atoms with Gasteiger partial charge in [-0.1, -0.05) is 11.8 Å². The molecule has 44 valence electrons. The molecule has 0 unspecified atom stereocenters. The van der Waals surface area contributed by atoms with Crippen molar-refractivity contribution in [3.63, 3.8) is 0 Å². The molecule has 8 heavy (non-hydrogen) atoms. The first-order valence-electron chi connectivity index (χ1n) is 2.03. The average molecular weight is 114 g/mol. The zero-order valence-corrected chi connectivity index (χ0v) is 4.26. The molecule has 0 aliphatic carbocycles. The van der Waals surface area contributed by atoms with E-state index in [2.05, 4.69) is 16.6 Å². The van der Waals surface area contributed by atoms with E-state index in [1.807, 2.05) is 0 Å². The maximum atomic E-state index is 9.42. The maximum absolute atomic E-state index is 9.42. The van der Waals surface area contributed by atoms with Crippen molar-refractivity contribution in [2.75, 3.05) is 13.2 Å². The molecule has 0 heterocycles. The molecule has 1 N–H and O–H groups in total. The predicted molar refractivity (Wildman–Crippen MR) is 26.9 cm³/mol. The van der Waals surface area contributed by atoms with Gasteiger partial charge in [0.15, 0.2) is 6.61 Å². The van der Waals surface area contributed by atoms with E-state index in [1.165, 1.54) is 0 Å². The molecule has 3 nitrogen and oxygen atoms in total. The number of hydrogen-bond donors (Lipinski definition) is 1. The molecule has 0 amide bonds. The first kappa shape index (κ1) is 6.99. The fourth-order valence-electron chi connectivity index (χ4n) is 0.183. The first-order chi connectivity index (χ1) is 3.91. The molecule has 0 aliphatic rings. The number of carbonyl (C=O) groups excluding carboxylic acids is 1. The van der Waals surface area contributed by atoms with Crippen LogP contribution in [-0.4, -0.2) is 24.8 Å². The van der Waals surface area contributed by atoms with Crippen molar-refractivity contribution in [1.82, 2.24) is 0 Å². The van der Waals surface area contributed by atoms with Crippen LogP contribution in [0.4, 0.5) is 0 Å². The average Bonchev–Trinajstić information content (AvgIpc) is 1.81. The maximum Gasteiger partial charge on any atom is 0.294 e. The monoisotopic (exact) mass is 114 g/mol. The van der Waals surface area contributed by atoms with Gasteiger partial charge in [-0.3, -0.25) is 4.79 Å². The lowest BCUT2D eigenvalue weighted by atomic mass is 10.6. The van der Waals surface area contributed by atoms with Gasteiger partial charge in [0.25, 0.3) is 6.47 Å². The molecular weight excluding hydrogens is 108 g/mol. The van der Waals surface area contributed by atoms with Gasteiger partial charge >= 0.3 is 0 Å². The summed E-state index contributed by atoms with van der Waals surface area (Å²) < 4.78 is 4.17.